The molecule has 1 atom stereocenters. The number of hydrogen-bond donors (Lipinski definition) is 0. The fourth-order valence-electron chi connectivity index (χ4n) is 0.183. The molecular weight excluding hydrogens is 111 g/mol. The van der Waals surface area contributed by atoms with Crippen LogP contribution in [-0.4, -0.2) is 7.11 Å². The molecule has 0 aromatic heterocycles. The van der Waals surface area contributed by atoms with Gasteiger partial charge in [0.1, 0.15) is 0 Å². The van der Waals surface area contributed by atoms with E-state index in [1.54, 1.807) is 13.0 Å². The monoisotopic (exact) mass is 119 g/mol. The molecule has 1 unspecified atom stereocenters. The lowest BCUT2D eigenvalue weighted by molar-refractivity contribution is 0.422. The van der Waals surface area contributed by atoms with Crippen LogP contribution in [0.1, 0.15) is 6.92 Å². The minimum atomic E-state index is -1.51. The molecular formula is C4H8O2P+. The van der Waals surface area contributed by atoms with Crippen molar-refractivity contribution in [2.45, 2.75) is 6.92 Å². The number of allylic oxidation sites excluding steroid dienone is 1. The van der Waals surface area contributed by atoms with E-state index in [9.17, 15) is 4.57 Å². The quantitative estimate of drug-likeness (QED) is 0.519. The first kappa shape index (κ1) is 6.80. The van der Waals surface area contributed by atoms with Crippen molar-refractivity contribution in [1.82, 2.24) is 0 Å². The van der Waals surface area contributed by atoms with Crippen molar-refractivity contribution in [3.8, 4) is 0 Å². The van der Waals surface area contributed by atoms with Crippen molar-refractivity contribution >= 4 is 8.03 Å². The Morgan fingerprint density at radius 2 is 2.29 bits per heavy atom. The standard InChI is InChI=1S/C4H8O2P/c1-3-4-7(5)6-2/h3-4H,1-2H3/q+1. The Morgan fingerprint density at radius 1 is 1.71 bits per heavy atom. The predicted octanol–water partition coefficient (Wildman–Crippen LogP) is 1.91. The van der Waals surface area contributed by atoms with E-state index in [1.807, 2.05) is 0 Å². The van der Waals surface area contributed by atoms with Gasteiger partial charge in [-0.25, -0.2) is 0 Å². The van der Waals surface area contributed by atoms with Crippen molar-refractivity contribution in [1.29, 1.82) is 0 Å². The van der Waals surface area contributed by atoms with Crippen LogP contribution in [0.25, 0.3) is 0 Å². The Balaban J connectivity index is 3.37. The lowest BCUT2D eigenvalue weighted by atomic mass is 10.8. The highest BCUT2D eigenvalue weighted by molar-refractivity contribution is 7.42. The van der Waals surface area contributed by atoms with E-state index >= 15 is 0 Å². The van der Waals surface area contributed by atoms with Gasteiger partial charge in [0, 0.05) is 0 Å². The van der Waals surface area contributed by atoms with Gasteiger partial charge in [0.25, 0.3) is 0 Å². The Labute approximate surface area is 44.0 Å². The minimum Gasteiger partial charge on any atom is -0.146 e. The van der Waals surface area contributed by atoms with E-state index in [-0.39, 0.29) is 0 Å². The fourth-order valence-corrected chi connectivity index (χ4v) is 0.548. The molecule has 0 radical (unpaired) electrons. The molecule has 0 aromatic rings. The van der Waals surface area contributed by atoms with E-state index in [4.69, 9.17) is 0 Å². The molecule has 2 nitrogen and oxygen atoms in total. The summed E-state index contributed by atoms with van der Waals surface area (Å²) in [7, 11) is -0.0936. The van der Waals surface area contributed by atoms with Crippen LogP contribution in [0.15, 0.2) is 11.9 Å². The molecule has 0 saturated heterocycles. The molecule has 0 N–H and O–H groups in total. The van der Waals surface area contributed by atoms with Crippen LogP contribution in [0.2, 0.25) is 0 Å². The van der Waals surface area contributed by atoms with Crippen LogP contribution in [0, 0.1) is 0 Å². The molecule has 3 heteroatoms. The van der Waals surface area contributed by atoms with Gasteiger partial charge in [-0.3, -0.25) is 0 Å². The van der Waals surface area contributed by atoms with Crippen molar-refractivity contribution in [2.24, 2.45) is 0 Å². The first-order chi connectivity index (χ1) is 3.31. The SMILES string of the molecule is CC=C[P+](=O)OC. The van der Waals surface area contributed by atoms with Crippen LogP contribution < -0.4 is 0 Å². The average molecular weight is 119 g/mol. The number of hydrogen-bond acceptors (Lipinski definition) is 2. The van der Waals surface area contributed by atoms with Gasteiger partial charge < -0.3 is 0 Å². The minimum absolute atomic E-state index is 1.42. The third-order valence-electron chi connectivity index (χ3n) is 0.451. The summed E-state index contributed by atoms with van der Waals surface area (Å²) in [6, 6.07) is 0. The highest BCUT2D eigenvalue weighted by atomic mass is 31.1. The largest absolute Gasteiger partial charge is 0.540 e. The average Bonchev–Trinajstić information content (AvgIpc) is 1.68. The second kappa shape index (κ2) is 3.97. The van der Waals surface area contributed by atoms with Crippen LogP contribution >= 0.6 is 8.03 Å². The Kier molecular flexibility index (Phi) is 3.86. The van der Waals surface area contributed by atoms with Crippen molar-refractivity contribution in [3.05, 3.63) is 11.9 Å². The molecule has 40 valence electrons. The summed E-state index contributed by atoms with van der Waals surface area (Å²) in [5.74, 6) is 1.51. The lowest BCUT2D eigenvalue weighted by Crippen LogP contribution is -1.57. The lowest BCUT2D eigenvalue weighted by Gasteiger charge is -1.63. The molecule has 0 amide bonds. The Bertz CT molecular complexity index is 87.7. The normalized spacial score (nSPS) is 12.6. The van der Waals surface area contributed by atoms with Gasteiger partial charge in [0.2, 0.25) is 0 Å². The summed E-state index contributed by atoms with van der Waals surface area (Å²) < 4.78 is 14.7. The highest BCUT2D eigenvalue weighted by Gasteiger charge is 2.04. The highest BCUT2D eigenvalue weighted by Crippen LogP contribution is 2.20. The van der Waals surface area contributed by atoms with Crippen LogP contribution in [0.3, 0.4) is 0 Å². The molecule has 0 rings (SSSR count). The van der Waals surface area contributed by atoms with Crippen molar-refractivity contribution in [2.75, 3.05) is 7.11 Å². The first-order valence-corrected chi connectivity index (χ1v) is 3.19. The zero-order valence-corrected chi connectivity index (χ0v) is 5.31. The molecule has 0 fully saturated rings. The van der Waals surface area contributed by atoms with Gasteiger partial charge in [-0.15, -0.1) is 4.52 Å². The molecule has 0 aliphatic heterocycles. The zero-order chi connectivity index (χ0) is 5.70. The summed E-state index contributed by atoms with van der Waals surface area (Å²) >= 11 is 0. The summed E-state index contributed by atoms with van der Waals surface area (Å²) in [6.07, 6.45) is 1.70. The second-order valence-electron chi connectivity index (χ2n) is 0.950. The van der Waals surface area contributed by atoms with Gasteiger partial charge in [-0.1, -0.05) is 0 Å². The maximum absolute atomic E-state index is 10.3. The van der Waals surface area contributed by atoms with Gasteiger partial charge in [0.05, 0.1) is 7.11 Å². The molecule has 0 spiro atoms. The molecule has 0 aliphatic rings. The van der Waals surface area contributed by atoms with E-state index in [0.717, 1.165) is 0 Å². The number of rotatable bonds is 2. The topological polar surface area (TPSA) is 26.3 Å². The summed E-state index contributed by atoms with van der Waals surface area (Å²) in [5.41, 5.74) is 0. The zero-order valence-electron chi connectivity index (χ0n) is 4.42. The van der Waals surface area contributed by atoms with Crippen LogP contribution in [0.4, 0.5) is 0 Å². The predicted molar refractivity (Wildman–Crippen MR) is 29.4 cm³/mol. The maximum Gasteiger partial charge on any atom is 0.540 e. The third kappa shape index (κ3) is 3.64. The van der Waals surface area contributed by atoms with Crippen LogP contribution in [-0.2, 0) is 9.09 Å². The van der Waals surface area contributed by atoms with Gasteiger partial charge >= 0.3 is 8.03 Å². The first-order valence-electron chi connectivity index (χ1n) is 1.94. The van der Waals surface area contributed by atoms with E-state index < -0.39 is 8.03 Å². The summed E-state index contributed by atoms with van der Waals surface area (Å²) in [5, 5.41) is 0. The van der Waals surface area contributed by atoms with Crippen molar-refractivity contribution in [3.63, 3.8) is 0 Å². The van der Waals surface area contributed by atoms with Crippen molar-refractivity contribution < 1.29 is 9.09 Å². The smallest absolute Gasteiger partial charge is 0.146 e. The van der Waals surface area contributed by atoms with E-state index in [0.29, 0.717) is 0 Å². The van der Waals surface area contributed by atoms with Gasteiger partial charge in [-0.05, 0) is 17.6 Å². The van der Waals surface area contributed by atoms with E-state index in [2.05, 4.69) is 4.52 Å². The summed E-state index contributed by atoms with van der Waals surface area (Å²) in [4.78, 5) is 0. The molecule has 7 heavy (non-hydrogen) atoms. The Hall–Kier alpha value is -0.200. The van der Waals surface area contributed by atoms with E-state index in [1.165, 1.54) is 12.9 Å². The molecule has 0 heterocycles. The van der Waals surface area contributed by atoms with Gasteiger partial charge in [0.15, 0.2) is 5.82 Å². The Morgan fingerprint density at radius 3 is 2.43 bits per heavy atom. The molecule has 0 aromatic carbocycles. The third-order valence-corrected chi connectivity index (χ3v) is 1.35. The summed E-state index contributed by atoms with van der Waals surface area (Å²) in [6.45, 7) is 1.80. The molecule has 0 saturated carbocycles. The van der Waals surface area contributed by atoms with Gasteiger partial charge in [-0.2, -0.15) is 0 Å². The molecule has 0 aliphatic carbocycles. The second-order valence-corrected chi connectivity index (χ2v) is 2.18. The van der Waals surface area contributed by atoms with Crippen LogP contribution in [0.5, 0.6) is 0 Å². The molecule has 0 bridgehead atoms. The maximum atomic E-state index is 10.3. The fraction of sp³-hybridized carbons (Fsp3) is 0.500.